The Bertz CT molecular complexity index is 5500. The first-order valence-corrected chi connectivity index (χ1v) is 37.7. The number of H-pyrrole nitrogens is 1. The average molecular weight is 1510 g/mol. The monoisotopic (exact) mass is 1510 g/mol. The molecule has 0 aliphatic rings. The Labute approximate surface area is 607 Å². The molecule has 0 aliphatic carbocycles. The van der Waals surface area contributed by atoms with Gasteiger partial charge in [0.1, 0.15) is 17.3 Å². The van der Waals surface area contributed by atoms with Crippen molar-refractivity contribution in [3.8, 4) is 0 Å². The predicted octanol–water partition coefficient (Wildman–Crippen LogP) is 15.3. The molecule has 0 unspecified atom stereocenters. The highest BCUT2D eigenvalue weighted by atomic mass is 35.5. The van der Waals surface area contributed by atoms with Gasteiger partial charge in [-0.05, 0) is 142 Å². The molecule has 14 rings (SSSR count). The van der Waals surface area contributed by atoms with Gasteiger partial charge in [0, 0.05) is 150 Å². The van der Waals surface area contributed by atoms with Crippen molar-refractivity contribution in [3.63, 3.8) is 0 Å². The van der Waals surface area contributed by atoms with Gasteiger partial charge in [-0.1, -0.05) is 142 Å². The summed E-state index contributed by atoms with van der Waals surface area (Å²) in [5.74, 6) is 1.58. The fraction of sp³-hybridized carbons (Fsp3) is 0.125. The second-order valence-electron chi connectivity index (χ2n) is 22.7. The Balaban J connectivity index is 0.000000143. The van der Waals surface area contributed by atoms with Crippen molar-refractivity contribution >= 4 is 133 Å². The van der Waals surface area contributed by atoms with Gasteiger partial charge in [0.25, 0.3) is 20.0 Å². The van der Waals surface area contributed by atoms with Gasteiger partial charge in [0.05, 0.1) is 24.9 Å². The summed E-state index contributed by atoms with van der Waals surface area (Å²) in [7, 11) is -11.2. The first-order chi connectivity index (χ1) is 48.1. The summed E-state index contributed by atoms with van der Waals surface area (Å²) < 4.78 is 78.3. The number of fused-ring (bicyclic) bond motifs is 3. The van der Waals surface area contributed by atoms with Gasteiger partial charge in [0.15, 0.2) is 11.3 Å². The molecule has 0 amide bonds. The number of rotatable bonds is 18. The van der Waals surface area contributed by atoms with E-state index in [1.807, 2.05) is 97.5 Å². The molecule has 0 fully saturated rings. The minimum atomic E-state index is -3.88. The maximum atomic E-state index is 13.3. The lowest BCUT2D eigenvalue weighted by Crippen LogP contribution is -2.12. The van der Waals surface area contributed by atoms with E-state index in [9.17, 15) is 25.3 Å². The van der Waals surface area contributed by atoms with Crippen LogP contribution >= 0.6 is 69.6 Å². The molecule has 14 aromatic rings. The SMILES string of the molecule is CS(=O)(=O)c1ncc(Cc2cn(S(=O)(=O)c3ccccc3)c3ncc(Cl)cc23)cn1.Clc1ccc(CCc2ncc(Cc3c[nH]c4ncc(Cl)cc34)cn2)cc1.NCc1ccc(Cl)cc1.O=S(=O)(c1ccccc1)n1cc(Cc2cnc(CCc3ccc(Cl)cc3)nc2)c2cc(Cl)cnc21. The average Bonchev–Trinajstić information content (AvgIpc) is 1.60. The molecule has 0 saturated carbocycles. The van der Waals surface area contributed by atoms with E-state index >= 15 is 0 Å². The number of aryl methyl sites for hydroxylation is 4. The van der Waals surface area contributed by atoms with Gasteiger partial charge in [-0.3, -0.25) is 0 Å². The highest BCUT2D eigenvalue weighted by molar-refractivity contribution is 7.90. The fourth-order valence-electron chi connectivity index (χ4n) is 10.4. The molecule has 0 radical (unpaired) electrons. The largest absolute Gasteiger partial charge is 0.346 e. The summed E-state index contributed by atoms with van der Waals surface area (Å²) >= 11 is 35.8. The zero-order valence-corrected chi connectivity index (χ0v) is 59.9. The highest BCUT2D eigenvalue weighted by Gasteiger charge is 2.25. The molecule has 100 heavy (non-hydrogen) atoms. The standard InChI is InChI=1S/C26H20Cl2N4O2S.C20H16Cl2N4.C19H15ClN4O4S2.C7H8ClN/c27-21-9-6-18(7-10-21)8-11-25-29-14-19(15-30-25)12-20-17-32(26-24(20)13-22(28)16-31-26)35(33,34)23-4-2-1-3-5-23;21-16-4-1-13(2-5-16)3-6-19-23-9-14(10-24-19)7-15-11-25-20-18(15)8-17(22)12-26-20;1-29(25,26)19-22-9-13(10-23-19)7-14-12-24(18-17(14)8-15(20)11-21-18)30(27,28)16-5-3-2-4-6-16;8-7-3-1-6(5-9)2-4-7/h1-7,9-10,13-17H,8,11-12H2;1-2,4-5,8-12H,3,6-7H2,(H,25,26);2-6,8-12H,7H2,1H3;1-4H,5,9H2. The maximum Gasteiger partial charge on any atom is 0.269 e. The number of halogens is 6. The van der Waals surface area contributed by atoms with E-state index in [1.54, 1.807) is 85.5 Å². The van der Waals surface area contributed by atoms with Crippen LogP contribution in [-0.4, -0.2) is 89.3 Å². The van der Waals surface area contributed by atoms with Crippen LogP contribution in [0.25, 0.3) is 33.1 Å². The van der Waals surface area contributed by atoms with Gasteiger partial charge in [-0.25, -0.2) is 78.1 Å². The first-order valence-electron chi connectivity index (χ1n) is 30.6. The molecule has 28 heteroatoms. The lowest BCUT2D eigenvalue weighted by Gasteiger charge is -2.06. The number of hydrogen-bond donors (Lipinski definition) is 2. The van der Waals surface area contributed by atoms with Crippen molar-refractivity contribution in [2.24, 2.45) is 5.73 Å². The summed E-state index contributed by atoms with van der Waals surface area (Å²) in [6.07, 6.45) is 25.3. The molecule has 9 heterocycles. The highest BCUT2D eigenvalue weighted by Crippen LogP contribution is 2.31. The van der Waals surface area contributed by atoms with Gasteiger partial charge in [-0.2, -0.15) is 0 Å². The Morgan fingerprint density at radius 3 is 1.13 bits per heavy atom. The van der Waals surface area contributed by atoms with Crippen molar-refractivity contribution in [3.05, 3.63) is 318 Å². The van der Waals surface area contributed by atoms with E-state index in [-0.39, 0.29) is 27.0 Å². The molecule has 3 N–H and O–H groups in total. The molecular formula is C72H59Cl6N13O6S3. The smallest absolute Gasteiger partial charge is 0.269 e. The number of pyridine rings is 3. The Morgan fingerprint density at radius 1 is 0.380 bits per heavy atom. The van der Waals surface area contributed by atoms with Gasteiger partial charge in [-0.15, -0.1) is 0 Å². The maximum absolute atomic E-state index is 13.3. The van der Waals surface area contributed by atoms with Crippen molar-refractivity contribution in [2.75, 3.05) is 6.26 Å². The number of sulfone groups is 1. The van der Waals surface area contributed by atoms with Crippen LogP contribution in [0.1, 0.15) is 61.7 Å². The normalized spacial score (nSPS) is 11.6. The molecule has 0 spiro atoms. The summed E-state index contributed by atoms with van der Waals surface area (Å²) in [6, 6.07) is 44.7. The molecule has 9 aromatic heterocycles. The van der Waals surface area contributed by atoms with Crippen LogP contribution in [0.3, 0.4) is 0 Å². The summed E-state index contributed by atoms with van der Waals surface area (Å²) in [4.78, 5) is 42.1. The van der Waals surface area contributed by atoms with Crippen LogP contribution < -0.4 is 5.73 Å². The van der Waals surface area contributed by atoms with E-state index in [2.05, 4.69) is 49.8 Å². The molecule has 0 bridgehead atoms. The number of nitrogens with one attached hydrogen (secondary N) is 1. The summed E-state index contributed by atoms with van der Waals surface area (Å²) in [6.45, 7) is 0.581. The minimum absolute atomic E-state index is 0.131. The number of hydrogen-bond acceptors (Lipinski definition) is 16. The van der Waals surface area contributed by atoms with Crippen molar-refractivity contribution < 1.29 is 25.3 Å². The molecule has 5 aromatic carbocycles. The van der Waals surface area contributed by atoms with E-state index in [0.29, 0.717) is 67.0 Å². The van der Waals surface area contributed by atoms with E-state index in [1.165, 1.54) is 58.2 Å². The van der Waals surface area contributed by atoms with Gasteiger partial charge < -0.3 is 10.7 Å². The second kappa shape index (κ2) is 32.5. The number of aromatic nitrogens is 12. The van der Waals surface area contributed by atoms with E-state index in [4.69, 9.17) is 75.3 Å². The predicted molar refractivity (Wildman–Crippen MR) is 393 cm³/mol. The first kappa shape index (κ1) is 72.2. The Kier molecular flexibility index (Phi) is 23.5. The zero-order valence-electron chi connectivity index (χ0n) is 53.0. The number of benzene rings is 5. The third-order valence-electron chi connectivity index (χ3n) is 15.5. The lowest BCUT2D eigenvalue weighted by molar-refractivity contribution is 0.587. The molecule has 508 valence electrons. The lowest BCUT2D eigenvalue weighted by atomic mass is 10.1. The van der Waals surface area contributed by atoms with Gasteiger partial charge >= 0.3 is 0 Å². The summed E-state index contributed by atoms with van der Waals surface area (Å²) in [5.41, 5.74) is 15.3. The van der Waals surface area contributed by atoms with Crippen LogP contribution in [-0.2, 0) is 81.4 Å². The topological polar surface area (TPSA) is 270 Å². The molecule has 0 aliphatic heterocycles. The number of nitrogens with two attached hydrogens (primary N) is 1. The Morgan fingerprint density at radius 2 is 0.740 bits per heavy atom. The number of aromatic amines is 1. The Hall–Kier alpha value is -9.04. The van der Waals surface area contributed by atoms with Gasteiger partial charge in [0.2, 0.25) is 15.0 Å². The van der Waals surface area contributed by atoms with Crippen molar-refractivity contribution in [1.82, 2.24) is 57.8 Å². The van der Waals surface area contributed by atoms with E-state index in [0.717, 1.165) is 96.5 Å². The van der Waals surface area contributed by atoms with Crippen LogP contribution in [0.5, 0.6) is 0 Å². The molecule has 0 saturated heterocycles. The third kappa shape index (κ3) is 18.5. The van der Waals surface area contributed by atoms with Crippen LogP contribution in [0.2, 0.25) is 30.1 Å². The van der Waals surface area contributed by atoms with Crippen molar-refractivity contribution in [2.45, 2.75) is 66.4 Å². The second-order valence-corrected chi connectivity index (χ2v) is 30.9. The molecule has 19 nitrogen and oxygen atoms in total. The van der Waals surface area contributed by atoms with Crippen LogP contribution in [0.4, 0.5) is 0 Å². The van der Waals surface area contributed by atoms with E-state index < -0.39 is 29.9 Å². The molecular weight excluding hydrogens is 1450 g/mol. The third-order valence-corrected chi connectivity index (χ3v) is 21.0. The molecule has 0 atom stereocenters. The fourth-order valence-corrected chi connectivity index (χ4v) is 14.5. The van der Waals surface area contributed by atoms with Crippen LogP contribution in [0, 0.1) is 0 Å². The number of nitrogens with zero attached hydrogens (tertiary/aromatic N) is 11. The van der Waals surface area contributed by atoms with Crippen molar-refractivity contribution in [1.29, 1.82) is 0 Å². The minimum Gasteiger partial charge on any atom is -0.346 e. The summed E-state index contributed by atoms with van der Waals surface area (Å²) in [5, 5.41) is 5.64. The van der Waals surface area contributed by atoms with Crippen LogP contribution in [0.15, 0.2) is 241 Å². The zero-order chi connectivity index (χ0) is 70.6. The quantitative estimate of drug-likeness (QED) is 0.0756.